The summed E-state index contributed by atoms with van der Waals surface area (Å²) in [7, 11) is 0. The Balaban J connectivity index is 4.58. The second-order valence-corrected chi connectivity index (χ2v) is 3.33. The Bertz CT molecular complexity index is 225. The molecule has 0 spiro atoms. The standard InChI is InChI=1S/C8H13ClF3NO3/c1-2-3-4-16-6(8(10,11)12)5(13-9)7(14)15/h5-6,13H,2-4H2,1H3,(H,14,15)/t5-,6+/m1/s1. The highest BCUT2D eigenvalue weighted by Gasteiger charge is 2.48. The third kappa shape index (κ3) is 5.00. The number of hydrogen-bond donors (Lipinski definition) is 2. The average Bonchev–Trinajstić information content (AvgIpc) is 2.14. The molecule has 0 aliphatic heterocycles. The molecule has 4 nitrogen and oxygen atoms in total. The van der Waals surface area contributed by atoms with Gasteiger partial charge in [-0.3, -0.25) is 4.79 Å². The van der Waals surface area contributed by atoms with Crippen LogP contribution in [0.4, 0.5) is 13.2 Å². The highest BCUT2D eigenvalue weighted by Crippen LogP contribution is 2.26. The third-order valence-electron chi connectivity index (χ3n) is 1.80. The number of carboxylic acid groups (broad SMARTS) is 1. The molecule has 16 heavy (non-hydrogen) atoms. The first-order valence-electron chi connectivity index (χ1n) is 4.61. The lowest BCUT2D eigenvalue weighted by molar-refractivity contribution is -0.229. The van der Waals surface area contributed by atoms with Crippen LogP contribution in [-0.2, 0) is 9.53 Å². The number of nitrogens with one attached hydrogen (secondary N) is 1. The van der Waals surface area contributed by atoms with E-state index in [0.717, 1.165) is 0 Å². The minimum Gasteiger partial charge on any atom is -0.480 e. The second kappa shape index (κ2) is 6.93. The van der Waals surface area contributed by atoms with Crippen molar-refractivity contribution in [3.63, 3.8) is 0 Å². The summed E-state index contributed by atoms with van der Waals surface area (Å²) in [6, 6.07) is -2.02. The van der Waals surface area contributed by atoms with Crippen molar-refractivity contribution in [1.29, 1.82) is 0 Å². The van der Waals surface area contributed by atoms with E-state index in [1.165, 1.54) is 0 Å². The lowest BCUT2D eigenvalue weighted by Crippen LogP contribution is -2.51. The minimum absolute atomic E-state index is 0.164. The molecule has 2 N–H and O–H groups in total. The molecule has 0 bridgehead atoms. The molecule has 8 heteroatoms. The van der Waals surface area contributed by atoms with Gasteiger partial charge >= 0.3 is 12.1 Å². The van der Waals surface area contributed by atoms with Gasteiger partial charge in [0.25, 0.3) is 0 Å². The molecular weight excluding hydrogens is 251 g/mol. The van der Waals surface area contributed by atoms with Crippen molar-refractivity contribution in [2.75, 3.05) is 6.61 Å². The molecule has 0 saturated carbocycles. The van der Waals surface area contributed by atoms with Gasteiger partial charge in [-0.1, -0.05) is 13.3 Å². The van der Waals surface area contributed by atoms with Crippen molar-refractivity contribution >= 4 is 17.7 Å². The van der Waals surface area contributed by atoms with E-state index in [9.17, 15) is 18.0 Å². The Morgan fingerprint density at radius 1 is 1.56 bits per heavy atom. The molecule has 0 aliphatic carbocycles. The molecule has 0 saturated heterocycles. The first-order valence-corrected chi connectivity index (χ1v) is 4.99. The SMILES string of the molecule is CCCCO[C@@H]([C@@H](NCl)C(=O)O)C(F)(F)F. The quantitative estimate of drug-likeness (QED) is 0.544. The number of carboxylic acids is 1. The monoisotopic (exact) mass is 263 g/mol. The summed E-state index contributed by atoms with van der Waals surface area (Å²) in [5, 5.41) is 8.54. The molecule has 0 fully saturated rings. The number of aliphatic carboxylic acids is 1. The molecule has 0 aliphatic rings. The predicted molar refractivity (Wildman–Crippen MR) is 51.1 cm³/mol. The average molecular weight is 264 g/mol. The van der Waals surface area contributed by atoms with Crippen molar-refractivity contribution < 1.29 is 27.8 Å². The van der Waals surface area contributed by atoms with Crippen LogP contribution in [0.1, 0.15) is 19.8 Å². The number of carbonyl (C=O) groups is 1. The van der Waals surface area contributed by atoms with Gasteiger partial charge in [0, 0.05) is 6.61 Å². The summed E-state index contributed by atoms with van der Waals surface area (Å²) in [5.41, 5.74) is 0. The number of rotatable bonds is 7. The molecule has 96 valence electrons. The lowest BCUT2D eigenvalue weighted by Gasteiger charge is -2.25. The topological polar surface area (TPSA) is 58.6 Å². The van der Waals surface area contributed by atoms with E-state index >= 15 is 0 Å². The van der Waals surface area contributed by atoms with Crippen molar-refractivity contribution in [3.8, 4) is 0 Å². The molecule has 0 amide bonds. The summed E-state index contributed by atoms with van der Waals surface area (Å²) >= 11 is 4.97. The molecular formula is C8H13ClF3NO3. The predicted octanol–water partition coefficient (Wildman–Crippen LogP) is 1.93. The highest BCUT2D eigenvalue weighted by atomic mass is 35.5. The fraction of sp³-hybridized carbons (Fsp3) is 0.875. The number of halogens is 4. The summed E-state index contributed by atoms with van der Waals surface area (Å²) in [6.07, 6.45) is -6.16. The number of ether oxygens (including phenoxy) is 1. The van der Waals surface area contributed by atoms with E-state index in [0.29, 0.717) is 12.8 Å². The summed E-state index contributed by atoms with van der Waals surface area (Å²) in [6.45, 7) is 1.61. The van der Waals surface area contributed by atoms with Crippen LogP contribution in [0.3, 0.4) is 0 Å². The molecule has 0 unspecified atom stereocenters. The van der Waals surface area contributed by atoms with Crippen LogP contribution in [0.5, 0.6) is 0 Å². The smallest absolute Gasteiger partial charge is 0.416 e. The van der Waals surface area contributed by atoms with Crippen LogP contribution in [0.15, 0.2) is 0 Å². The fourth-order valence-electron chi connectivity index (χ4n) is 0.968. The van der Waals surface area contributed by atoms with Crippen molar-refractivity contribution in [2.24, 2.45) is 0 Å². The van der Waals surface area contributed by atoms with Crippen LogP contribution in [-0.4, -0.2) is 36.0 Å². The van der Waals surface area contributed by atoms with Crippen LogP contribution < -0.4 is 4.84 Å². The van der Waals surface area contributed by atoms with E-state index in [4.69, 9.17) is 16.9 Å². The van der Waals surface area contributed by atoms with Gasteiger partial charge in [-0.15, -0.1) is 0 Å². The molecule has 0 rings (SSSR count). The van der Waals surface area contributed by atoms with E-state index in [1.807, 2.05) is 0 Å². The van der Waals surface area contributed by atoms with Gasteiger partial charge < -0.3 is 9.84 Å². The van der Waals surface area contributed by atoms with Gasteiger partial charge in [-0.25, -0.2) is 4.84 Å². The molecule has 0 aromatic carbocycles. The van der Waals surface area contributed by atoms with Gasteiger partial charge in [0.2, 0.25) is 0 Å². The van der Waals surface area contributed by atoms with Crippen molar-refractivity contribution in [3.05, 3.63) is 0 Å². The lowest BCUT2D eigenvalue weighted by atomic mass is 10.1. The number of alkyl halides is 3. The van der Waals surface area contributed by atoms with E-state index < -0.39 is 24.3 Å². The van der Waals surface area contributed by atoms with Gasteiger partial charge in [0.15, 0.2) is 12.1 Å². The first kappa shape index (κ1) is 15.5. The Morgan fingerprint density at radius 2 is 2.12 bits per heavy atom. The first-order chi connectivity index (χ1) is 7.34. The maximum absolute atomic E-state index is 12.5. The highest BCUT2D eigenvalue weighted by molar-refractivity contribution is 6.14. The van der Waals surface area contributed by atoms with Gasteiger partial charge in [0.1, 0.15) is 0 Å². The number of hydrogen-bond acceptors (Lipinski definition) is 3. The number of unbranched alkanes of at least 4 members (excludes halogenated alkanes) is 1. The van der Waals surface area contributed by atoms with Crippen molar-refractivity contribution in [2.45, 2.75) is 38.1 Å². The summed E-state index contributed by atoms with van der Waals surface area (Å²) < 4.78 is 41.9. The Kier molecular flexibility index (Phi) is 6.70. The van der Waals surface area contributed by atoms with Crippen LogP contribution in [0, 0.1) is 0 Å². The summed E-state index contributed by atoms with van der Waals surface area (Å²) in [4.78, 5) is 12.1. The summed E-state index contributed by atoms with van der Waals surface area (Å²) in [5.74, 6) is -1.71. The van der Waals surface area contributed by atoms with Crippen LogP contribution >= 0.6 is 11.8 Å². The van der Waals surface area contributed by atoms with Gasteiger partial charge in [0.05, 0.1) is 0 Å². The van der Waals surface area contributed by atoms with Gasteiger partial charge in [-0.2, -0.15) is 13.2 Å². The Labute approximate surface area is 95.8 Å². The van der Waals surface area contributed by atoms with E-state index in [1.54, 1.807) is 11.8 Å². The zero-order chi connectivity index (χ0) is 12.8. The fourth-order valence-corrected chi connectivity index (χ4v) is 1.18. The van der Waals surface area contributed by atoms with E-state index in [-0.39, 0.29) is 6.61 Å². The van der Waals surface area contributed by atoms with Gasteiger partial charge in [-0.05, 0) is 18.2 Å². The minimum atomic E-state index is -4.78. The Morgan fingerprint density at radius 3 is 2.44 bits per heavy atom. The molecule has 2 atom stereocenters. The zero-order valence-corrected chi connectivity index (χ0v) is 9.31. The van der Waals surface area contributed by atoms with Crippen LogP contribution in [0.25, 0.3) is 0 Å². The Hall–Kier alpha value is -0.530. The second-order valence-electron chi connectivity index (χ2n) is 3.11. The molecule has 0 radical (unpaired) electrons. The van der Waals surface area contributed by atoms with E-state index in [2.05, 4.69) is 4.74 Å². The largest absolute Gasteiger partial charge is 0.480 e. The third-order valence-corrected chi connectivity index (χ3v) is 2.04. The zero-order valence-electron chi connectivity index (χ0n) is 8.55. The maximum atomic E-state index is 12.5. The van der Waals surface area contributed by atoms with Crippen LogP contribution in [0.2, 0.25) is 0 Å². The van der Waals surface area contributed by atoms with Crippen molar-refractivity contribution in [1.82, 2.24) is 4.84 Å². The molecule has 0 aromatic rings. The maximum Gasteiger partial charge on any atom is 0.416 e. The normalized spacial score (nSPS) is 15.8. The molecule has 0 heterocycles. The molecule has 0 aromatic heterocycles.